The Kier molecular flexibility index (Phi) is 9.14. The van der Waals surface area contributed by atoms with Gasteiger partial charge in [-0.05, 0) is 53.4 Å². The van der Waals surface area contributed by atoms with Crippen LogP contribution in [-0.2, 0) is 4.79 Å². The first-order chi connectivity index (χ1) is 17.1. The summed E-state index contributed by atoms with van der Waals surface area (Å²) in [7, 11) is 0. The highest BCUT2D eigenvalue weighted by Gasteiger charge is 2.18. The third-order valence-corrected chi connectivity index (χ3v) is 6.93. The number of benzene rings is 2. The molecule has 4 rings (SSSR count). The minimum Gasteiger partial charge on any atom is -0.490 e. The second-order valence-electron chi connectivity index (χ2n) is 8.23. The maximum Gasteiger partial charge on any atom is 0.258 e. The van der Waals surface area contributed by atoms with Crippen molar-refractivity contribution >= 4 is 44.5 Å². The summed E-state index contributed by atoms with van der Waals surface area (Å²) >= 11 is 5.04. The lowest BCUT2D eigenvalue weighted by atomic mass is 9.95. The average Bonchev–Trinajstić information content (AvgIpc) is 3.34. The van der Waals surface area contributed by atoms with Crippen LogP contribution >= 0.6 is 27.3 Å². The van der Waals surface area contributed by atoms with Crippen molar-refractivity contribution in [3.05, 3.63) is 57.9 Å². The van der Waals surface area contributed by atoms with Crippen LogP contribution in [0.5, 0.6) is 11.5 Å². The van der Waals surface area contributed by atoms with E-state index in [-0.39, 0.29) is 18.6 Å². The summed E-state index contributed by atoms with van der Waals surface area (Å²) in [4.78, 5) is 16.9. The first kappa shape index (κ1) is 25.2. The molecule has 1 saturated carbocycles. The molecule has 1 heterocycles. The fourth-order valence-corrected chi connectivity index (χ4v) is 5.19. The van der Waals surface area contributed by atoms with Gasteiger partial charge in [0.15, 0.2) is 18.1 Å². The number of anilines is 1. The van der Waals surface area contributed by atoms with Crippen LogP contribution in [0.25, 0.3) is 11.3 Å². The SMILES string of the molecule is CCOc1cc(C=NNc2nc(-c3ccccc3)cs2)cc(Br)c1OCC(=O)NC1CCCCC1. The number of nitrogens with zero attached hydrogens (tertiary/aromatic N) is 2. The molecule has 3 aromatic rings. The maximum absolute atomic E-state index is 12.4. The molecule has 0 spiro atoms. The number of carbonyl (C=O) groups excluding carboxylic acids is 1. The summed E-state index contributed by atoms with van der Waals surface area (Å²) in [5.74, 6) is 0.942. The van der Waals surface area contributed by atoms with E-state index in [1.54, 1.807) is 6.21 Å². The molecule has 1 aliphatic rings. The number of nitrogens with one attached hydrogen (secondary N) is 2. The number of hydrogen-bond acceptors (Lipinski definition) is 7. The number of aromatic nitrogens is 1. The van der Waals surface area contributed by atoms with Crippen molar-refractivity contribution in [3.8, 4) is 22.8 Å². The summed E-state index contributed by atoms with van der Waals surface area (Å²) in [5, 5.41) is 10.1. The first-order valence-corrected chi connectivity index (χ1v) is 13.5. The minimum absolute atomic E-state index is 0.0576. The van der Waals surface area contributed by atoms with Gasteiger partial charge in [0, 0.05) is 17.0 Å². The van der Waals surface area contributed by atoms with Gasteiger partial charge in [0.1, 0.15) is 0 Å². The van der Waals surface area contributed by atoms with Gasteiger partial charge in [-0.15, -0.1) is 11.3 Å². The Hall–Kier alpha value is -2.91. The highest BCUT2D eigenvalue weighted by atomic mass is 79.9. The van der Waals surface area contributed by atoms with Crippen molar-refractivity contribution in [1.82, 2.24) is 10.3 Å². The maximum atomic E-state index is 12.4. The third kappa shape index (κ3) is 7.29. The smallest absolute Gasteiger partial charge is 0.258 e. The lowest BCUT2D eigenvalue weighted by molar-refractivity contribution is -0.124. The largest absolute Gasteiger partial charge is 0.490 e. The van der Waals surface area contributed by atoms with E-state index in [0.29, 0.717) is 27.7 Å². The minimum atomic E-state index is -0.112. The predicted octanol–water partition coefficient (Wildman–Crippen LogP) is 6.25. The molecule has 1 aromatic heterocycles. The van der Waals surface area contributed by atoms with E-state index < -0.39 is 0 Å². The summed E-state index contributed by atoms with van der Waals surface area (Å²) in [6.45, 7) is 2.32. The number of carbonyl (C=O) groups is 1. The van der Waals surface area contributed by atoms with Gasteiger partial charge in [-0.25, -0.2) is 4.98 Å². The molecular formula is C26H29BrN4O3S. The molecule has 1 aliphatic carbocycles. The molecule has 2 aromatic carbocycles. The first-order valence-electron chi connectivity index (χ1n) is 11.8. The van der Waals surface area contributed by atoms with Crippen LogP contribution in [0.2, 0.25) is 0 Å². The Morgan fingerprint density at radius 2 is 2.00 bits per heavy atom. The molecule has 1 fully saturated rings. The monoisotopic (exact) mass is 556 g/mol. The normalized spacial score (nSPS) is 14.1. The average molecular weight is 558 g/mol. The van der Waals surface area contributed by atoms with E-state index in [4.69, 9.17) is 9.47 Å². The molecule has 0 bridgehead atoms. The molecule has 35 heavy (non-hydrogen) atoms. The van der Waals surface area contributed by atoms with Crippen LogP contribution in [0, 0.1) is 0 Å². The van der Waals surface area contributed by atoms with Gasteiger partial charge in [0.25, 0.3) is 5.91 Å². The van der Waals surface area contributed by atoms with Crippen molar-refractivity contribution in [2.75, 3.05) is 18.6 Å². The van der Waals surface area contributed by atoms with Crippen LogP contribution in [0.4, 0.5) is 5.13 Å². The van der Waals surface area contributed by atoms with E-state index >= 15 is 0 Å². The number of rotatable bonds is 10. The van der Waals surface area contributed by atoms with Crippen molar-refractivity contribution in [2.24, 2.45) is 5.10 Å². The summed E-state index contributed by atoms with van der Waals surface area (Å²) in [6, 6.07) is 14.0. The van der Waals surface area contributed by atoms with E-state index in [1.807, 2.05) is 54.8 Å². The summed E-state index contributed by atoms with van der Waals surface area (Å²) < 4.78 is 12.3. The van der Waals surface area contributed by atoms with Gasteiger partial charge in [0.2, 0.25) is 5.13 Å². The molecule has 1 amide bonds. The van der Waals surface area contributed by atoms with Crippen LogP contribution in [-0.4, -0.2) is 36.4 Å². The molecular weight excluding hydrogens is 528 g/mol. The zero-order valence-electron chi connectivity index (χ0n) is 19.6. The highest BCUT2D eigenvalue weighted by Crippen LogP contribution is 2.36. The number of halogens is 1. The number of ether oxygens (including phenoxy) is 2. The van der Waals surface area contributed by atoms with Crippen LogP contribution in [0.1, 0.15) is 44.6 Å². The molecule has 0 aliphatic heterocycles. The second-order valence-corrected chi connectivity index (χ2v) is 9.94. The molecule has 184 valence electrons. The number of hydrogen-bond donors (Lipinski definition) is 2. The molecule has 2 N–H and O–H groups in total. The van der Waals surface area contributed by atoms with Gasteiger partial charge in [-0.2, -0.15) is 5.10 Å². The van der Waals surface area contributed by atoms with Crippen molar-refractivity contribution in [3.63, 3.8) is 0 Å². The molecule has 7 nitrogen and oxygen atoms in total. The molecule has 0 saturated heterocycles. The lowest BCUT2D eigenvalue weighted by Crippen LogP contribution is -2.39. The fourth-order valence-electron chi connectivity index (χ4n) is 3.95. The fraction of sp³-hybridized carbons (Fsp3) is 0.346. The van der Waals surface area contributed by atoms with Crippen molar-refractivity contribution < 1.29 is 14.3 Å². The standard InChI is InChI=1S/C26H29BrN4O3S/c1-2-33-23-14-18(15-28-31-26-30-22(17-35-26)19-9-5-3-6-10-19)13-21(27)25(23)34-16-24(32)29-20-11-7-4-8-12-20/h3,5-6,9-10,13-15,17,20H,2,4,7-8,11-12,16H2,1H3,(H,29,32)(H,30,31). The summed E-state index contributed by atoms with van der Waals surface area (Å²) in [5.41, 5.74) is 5.77. The molecule has 9 heteroatoms. The van der Waals surface area contributed by atoms with Crippen LogP contribution in [0.15, 0.2) is 57.4 Å². The van der Waals surface area contributed by atoms with Gasteiger partial charge in [-0.1, -0.05) is 49.6 Å². The molecule has 0 radical (unpaired) electrons. The zero-order chi connectivity index (χ0) is 24.5. The van der Waals surface area contributed by atoms with E-state index in [1.165, 1.54) is 30.6 Å². The van der Waals surface area contributed by atoms with Gasteiger partial charge < -0.3 is 14.8 Å². The lowest BCUT2D eigenvalue weighted by Gasteiger charge is -2.23. The van der Waals surface area contributed by atoms with Gasteiger partial charge in [-0.3, -0.25) is 10.2 Å². The Balaban J connectivity index is 1.37. The highest BCUT2D eigenvalue weighted by molar-refractivity contribution is 9.10. The van der Waals surface area contributed by atoms with Gasteiger partial charge >= 0.3 is 0 Å². The predicted molar refractivity (Wildman–Crippen MR) is 145 cm³/mol. The Labute approximate surface area is 218 Å². The second kappa shape index (κ2) is 12.7. The third-order valence-electron chi connectivity index (χ3n) is 5.60. The van der Waals surface area contributed by atoms with Crippen LogP contribution in [0.3, 0.4) is 0 Å². The van der Waals surface area contributed by atoms with Gasteiger partial charge in [0.05, 0.1) is 23.0 Å². The topological polar surface area (TPSA) is 84.8 Å². The zero-order valence-corrected chi connectivity index (χ0v) is 22.0. The number of amides is 1. The Bertz CT molecular complexity index is 1150. The number of thiazole rings is 1. The van der Waals surface area contributed by atoms with E-state index in [9.17, 15) is 4.79 Å². The molecule has 0 unspecified atom stereocenters. The quantitative estimate of drug-likeness (QED) is 0.228. The number of hydrazone groups is 1. The summed E-state index contributed by atoms with van der Waals surface area (Å²) in [6.07, 6.45) is 7.35. The Morgan fingerprint density at radius 1 is 1.20 bits per heavy atom. The van der Waals surface area contributed by atoms with E-state index in [0.717, 1.165) is 29.7 Å². The van der Waals surface area contributed by atoms with Crippen LogP contribution < -0.4 is 20.2 Å². The Morgan fingerprint density at radius 3 is 2.77 bits per heavy atom. The van der Waals surface area contributed by atoms with E-state index in [2.05, 4.69) is 36.8 Å². The molecule has 0 atom stereocenters. The van der Waals surface area contributed by atoms with Crippen molar-refractivity contribution in [2.45, 2.75) is 45.1 Å². The van der Waals surface area contributed by atoms with Crippen molar-refractivity contribution in [1.29, 1.82) is 0 Å².